The Labute approximate surface area is 175 Å². The van der Waals surface area contributed by atoms with Gasteiger partial charge in [0.25, 0.3) is 11.8 Å². The molecular formula is C22H28N4O4. The van der Waals surface area contributed by atoms with Gasteiger partial charge in [0.2, 0.25) is 11.8 Å². The number of amides is 4. The summed E-state index contributed by atoms with van der Waals surface area (Å²) >= 11 is 0. The van der Waals surface area contributed by atoms with Crippen LogP contribution in [0, 0.1) is 0 Å². The van der Waals surface area contributed by atoms with Gasteiger partial charge in [0.15, 0.2) is 0 Å². The molecule has 3 N–H and O–H groups in total. The first-order valence-corrected chi connectivity index (χ1v) is 10.7. The highest BCUT2D eigenvalue weighted by Crippen LogP contribution is 2.40. The number of anilines is 1. The van der Waals surface area contributed by atoms with Crippen molar-refractivity contribution in [3.8, 4) is 0 Å². The van der Waals surface area contributed by atoms with Crippen molar-refractivity contribution in [2.45, 2.75) is 62.9 Å². The molecular weight excluding hydrogens is 384 g/mol. The fourth-order valence-electron chi connectivity index (χ4n) is 5.17. The Balaban J connectivity index is 1.82. The van der Waals surface area contributed by atoms with E-state index in [2.05, 4.69) is 20.9 Å². The molecule has 3 atom stereocenters. The van der Waals surface area contributed by atoms with Crippen LogP contribution in [0.5, 0.6) is 0 Å². The lowest BCUT2D eigenvalue weighted by Gasteiger charge is -2.38. The molecule has 8 nitrogen and oxygen atoms in total. The first-order chi connectivity index (χ1) is 14.4. The SMILES string of the molecule is CN[C@H]1CCCCC[C@@H]1N(C)c1ccc2c(c1C1CCC(=O)NC1=O)C(=O)NC2=O. The molecule has 0 bridgehead atoms. The van der Waals surface area contributed by atoms with E-state index in [1.807, 2.05) is 20.2 Å². The van der Waals surface area contributed by atoms with Crippen molar-refractivity contribution in [1.29, 1.82) is 0 Å². The minimum absolute atomic E-state index is 0.197. The lowest BCUT2D eigenvalue weighted by Crippen LogP contribution is -2.48. The predicted octanol–water partition coefficient (Wildman–Crippen LogP) is 1.45. The third-order valence-electron chi connectivity index (χ3n) is 6.74. The van der Waals surface area contributed by atoms with E-state index in [0.717, 1.165) is 31.4 Å². The molecule has 1 aliphatic carbocycles. The second-order valence-corrected chi connectivity index (χ2v) is 8.42. The highest BCUT2D eigenvalue weighted by atomic mass is 16.2. The molecule has 160 valence electrons. The van der Waals surface area contributed by atoms with Crippen LogP contribution in [0.3, 0.4) is 0 Å². The standard InChI is InChI=1S/C22H28N4O4/c1-23-14-6-4-3-5-7-15(14)26(2)16-10-8-13-19(22(30)25-21(13)29)18(16)12-9-11-17(27)24-20(12)28/h8,10,12,14-15,23H,3-7,9,11H2,1-2H3,(H,24,27,28)(H,25,29,30)/t12?,14-,15-/m0/s1. The molecule has 0 aromatic heterocycles. The number of fused-ring (bicyclic) bond motifs is 1. The van der Waals surface area contributed by atoms with Gasteiger partial charge in [0, 0.05) is 36.8 Å². The maximum absolute atomic E-state index is 12.7. The van der Waals surface area contributed by atoms with Gasteiger partial charge in [0.05, 0.1) is 17.0 Å². The van der Waals surface area contributed by atoms with Crippen molar-refractivity contribution in [3.63, 3.8) is 0 Å². The molecule has 2 aliphatic heterocycles. The molecule has 4 rings (SSSR count). The predicted molar refractivity (Wildman–Crippen MR) is 111 cm³/mol. The Morgan fingerprint density at radius 1 is 0.967 bits per heavy atom. The number of rotatable bonds is 4. The summed E-state index contributed by atoms with van der Waals surface area (Å²) < 4.78 is 0. The van der Waals surface area contributed by atoms with E-state index < -0.39 is 23.6 Å². The number of hydrogen-bond donors (Lipinski definition) is 3. The van der Waals surface area contributed by atoms with E-state index in [1.54, 1.807) is 6.07 Å². The van der Waals surface area contributed by atoms with Crippen LogP contribution >= 0.6 is 0 Å². The zero-order chi connectivity index (χ0) is 21.4. The summed E-state index contributed by atoms with van der Waals surface area (Å²) in [5.41, 5.74) is 1.90. The molecule has 0 radical (unpaired) electrons. The molecule has 1 saturated heterocycles. The summed E-state index contributed by atoms with van der Waals surface area (Å²) in [5, 5.41) is 8.18. The average molecular weight is 412 g/mol. The number of nitrogens with zero attached hydrogens (tertiary/aromatic N) is 1. The average Bonchev–Trinajstić information content (AvgIpc) is 2.89. The molecule has 0 spiro atoms. The van der Waals surface area contributed by atoms with Crippen LogP contribution in [-0.4, -0.2) is 49.8 Å². The molecule has 4 amide bonds. The number of hydrogen-bond acceptors (Lipinski definition) is 6. The maximum Gasteiger partial charge on any atom is 0.259 e. The Morgan fingerprint density at radius 3 is 2.47 bits per heavy atom. The number of imide groups is 2. The summed E-state index contributed by atoms with van der Waals surface area (Å²) in [6.45, 7) is 0. The molecule has 1 unspecified atom stereocenters. The zero-order valence-corrected chi connectivity index (χ0v) is 17.4. The Kier molecular flexibility index (Phi) is 5.60. The van der Waals surface area contributed by atoms with Gasteiger partial charge in [-0.3, -0.25) is 29.8 Å². The monoisotopic (exact) mass is 412 g/mol. The number of piperidine rings is 1. The highest BCUT2D eigenvalue weighted by molar-refractivity contribution is 6.23. The summed E-state index contributed by atoms with van der Waals surface area (Å²) in [4.78, 5) is 51.5. The van der Waals surface area contributed by atoms with Crippen molar-refractivity contribution in [3.05, 3.63) is 28.8 Å². The van der Waals surface area contributed by atoms with Crippen LogP contribution in [0.25, 0.3) is 0 Å². The van der Waals surface area contributed by atoms with Crippen LogP contribution in [-0.2, 0) is 9.59 Å². The minimum Gasteiger partial charge on any atom is -0.370 e. The third kappa shape index (κ3) is 3.49. The molecule has 2 fully saturated rings. The van der Waals surface area contributed by atoms with Gasteiger partial charge >= 0.3 is 0 Å². The smallest absolute Gasteiger partial charge is 0.259 e. The molecule has 1 aromatic rings. The number of nitrogens with one attached hydrogen (secondary N) is 3. The van der Waals surface area contributed by atoms with E-state index in [-0.39, 0.29) is 30.0 Å². The van der Waals surface area contributed by atoms with E-state index in [0.29, 0.717) is 17.5 Å². The van der Waals surface area contributed by atoms with E-state index in [1.165, 1.54) is 6.42 Å². The largest absolute Gasteiger partial charge is 0.370 e. The summed E-state index contributed by atoms with van der Waals surface area (Å²) in [6.07, 6.45) is 6.05. The number of likely N-dealkylation sites (N-methyl/N-ethyl adjacent to an activating group) is 2. The van der Waals surface area contributed by atoms with Gasteiger partial charge in [0.1, 0.15) is 0 Å². The Bertz CT molecular complexity index is 913. The van der Waals surface area contributed by atoms with E-state index in [9.17, 15) is 19.2 Å². The number of carbonyl (C=O) groups is 4. The van der Waals surface area contributed by atoms with Crippen LogP contribution < -0.4 is 20.9 Å². The first kappa shape index (κ1) is 20.5. The van der Waals surface area contributed by atoms with Gasteiger partial charge in [-0.05, 0) is 38.4 Å². The quantitative estimate of drug-likeness (QED) is 0.510. The van der Waals surface area contributed by atoms with Gasteiger partial charge < -0.3 is 10.2 Å². The fourth-order valence-corrected chi connectivity index (χ4v) is 5.17. The van der Waals surface area contributed by atoms with Crippen molar-refractivity contribution in [2.75, 3.05) is 19.0 Å². The summed E-state index contributed by atoms with van der Waals surface area (Å²) in [5.74, 6) is -2.28. The summed E-state index contributed by atoms with van der Waals surface area (Å²) in [6, 6.07) is 3.99. The Morgan fingerprint density at radius 2 is 1.73 bits per heavy atom. The Hall–Kier alpha value is -2.74. The van der Waals surface area contributed by atoms with Crippen molar-refractivity contribution in [1.82, 2.24) is 16.0 Å². The second kappa shape index (κ2) is 8.18. The maximum atomic E-state index is 12.7. The van der Waals surface area contributed by atoms with Gasteiger partial charge in [-0.2, -0.15) is 0 Å². The normalized spacial score (nSPS) is 26.7. The van der Waals surface area contributed by atoms with Gasteiger partial charge in [-0.1, -0.05) is 19.3 Å². The van der Waals surface area contributed by atoms with Gasteiger partial charge in [-0.25, -0.2) is 0 Å². The highest BCUT2D eigenvalue weighted by Gasteiger charge is 2.40. The fraction of sp³-hybridized carbons (Fsp3) is 0.545. The second-order valence-electron chi connectivity index (χ2n) is 8.42. The van der Waals surface area contributed by atoms with Gasteiger partial charge in [-0.15, -0.1) is 0 Å². The molecule has 3 aliphatic rings. The third-order valence-corrected chi connectivity index (χ3v) is 6.74. The van der Waals surface area contributed by atoms with Crippen molar-refractivity contribution in [2.24, 2.45) is 0 Å². The topological polar surface area (TPSA) is 108 Å². The minimum atomic E-state index is -0.648. The first-order valence-electron chi connectivity index (χ1n) is 10.7. The molecule has 30 heavy (non-hydrogen) atoms. The lowest BCUT2D eigenvalue weighted by atomic mass is 9.84. The zero-order valence-electron chi connectivity index (χ0n) is 17.4. The van der Waals surface area contributed by atoms with E-state index >= 15 is 0 Å². The van der Waals surface area contributed by atoms with Crippen molar-refractivity contribution < 1.29 is 19.2 Å². The van der Waals surface area contributed by atoms with Crippen LogP contribution in [0.1, 0.15) is 77.1 Å². The van der Waals surface area contributed by atoms with E-state index in [4.69, 9.17) is 0 Å². The lowest BCUT2D eigenvalue weighted by molar-refractivity contribution is -0.134. The molecule has 1 aromatic carbocycles. The number of benzene rings is 1. The van der Waals surface area contributed by atoms with Crippen LogP contribution in [0.15, 0.2) is 12.1 Å². The van der Waals surface area contributed by atoms with Crippen LogP contribution in [0.2, 0.25) is 0 Å². The van der Waals surface area contributed by atoms with Crippen LogP contribution in [0.4, 0.5) is 5.69 Å². The molecule has 2 heterocycles. The molecule has 1 saturated carbocycles. The van der Waals surface area contributed by atoms with Crippen molar-refractivity contribution >= 4 is 29.3 Å². The number of carbonyl (C=O) groups excluding carboxylic acids is 4. The summed E-state index contributed by atoms with van der Waals surface area (Å²) in [7, 11) is 3.96. The molecule has 8 heteroatoms.